The molecule has 0 unspecified atom stereocenters. The Balaban J connectivity index is 2.85. The fourth-order valence-electron chi connectivity index (χ4n) is 2.18. The van der Waals surface area contributed by atoms with Gasteiger partial charge >= 0.3 is 0 Å². The molecule has 0 spiro atoms. The lowest BCUT2D eigenvalue weighted by Crippen LogP contribution is -2.64. The van der Waals surface area contributed by atoms with Crippen LogP contribution in [-0.2, 0) is 6.42 Å². The highest BCUT2D eigenvalue weighted by atomic mass is 16.5. The van der Waals surface area contributed by atoms with Crippen LogP contribution in [0.1, 0.15) is 64.2 Å². The van der Waals surface area contributed by atoms with Crippen LogP contribution in [0.3, 0.4) is 0 Å². The fourth-order valence-corrected chi connectivity index (χ4v) is 2.18. The highest BCUT2D eigenvalue weighted by Crippen LogP contribution is 2.27. The lowest BCUT2D eigenvalue weighted by molar-refractivity contribution is 0.0522. The molecule has 1 amide bonds. The second-order valence-corrected chi connectivity index (χ2v) is 6.59. The van der Waals surface area contributed by atoms with E-state index in [4.69, 9.17) is 4.52 Å². The molecule has 0 radical (unpaired) electrons. The highest BCUT2D eigenvalue weighted by Gasteiger charge is 2.41. The van der Waals surface area contributed by atoms with E-state index in [9.17, 15) is 4.79 Å². The molecule has 21 heavy (non-hydrogen) atoms. The number of hydrogen-bond acceptors (Lipinski definition) is 4. The molecule has 0 aliphatic rings. The summed E-state index contributed by atoms with van der Waals surface area (Å²) in [6.45, 7) is 13.5. The Morgan fingerprint density at radius 2 is 1.95 bits per heavy atom. The summed E-state index contributed by atoms with van der Waals surface area (Å²) >= 11 is 0. The lowest BCUT2D eigenvalue weighted by Gasteiger charge is -2.48. The van der Waals surface area contributed by atoms with E-state index in [0.29, 0.717) is 5.69 Å². The summed E-state index contributed by atoms with van der Waals surface area (Å²) < 4.78 is 5.10. The topological polar surface area (TPSA) is 58.4 Å². The Labute approximate surface area is 128 Å². The average Bonchev–Trinajstić information content (AvgIpc) is 2.87. The molecule has 1 aromatic heterocycles. The van der Waals surface area contributed by atoms with Crippen molar-refractivity contribution in [1.82, 2.24) is 15.4 Å². The van der Waals surface area contributed by atoms with Gasteiger partial charge in [0.05, 0.1) is 5.54 Å². The van der Waals surface area contributed by atoms with Crippen LogP contribution in [0.4, 0.5) is 0 Å². The van der Waals surface area contributed by atoms with Gasteiger partial charge in [-0.1, -0.05) is 19.0 Å². The number of likely N-dealkylation sites (N-methyl/N-ethyl adjacent to an activating group) is 1. The number of aromatic nitrogens is 1. The first-order chi connectivity index (χ1) is 9.65. The van der Waals surface area contributed by atoms with E-state index in [-0.39, 0.29) is 11.4 Å². The molecule has 0 bridgehead atoms. The van der Waals surface area contributed by atoms with E-state index < -0.39 is 5.54 Å². The summed E-state index contributed by atoms with van der Waals surface area (Å²) in [5, 5.41) is 6.92. The minimum absolute atomic E-state index is 0.185. The summed E-state index contributed by atoms with van der Waals surface area (Å²) in [6, 6.07) is 1.70. The van der Waals surface area contributed by atoms with Gasteiger partial charge in [-0.05, 0) is 47.7 Å². The molecule has 5 nitrogen and oxygen atoms in total. The molecule has 1 aromatic rings. The zero-order chi connectivity index (χ0) is 16.3. The minimum Gasteiger partial charge on any atom is -0.361 e. The fraction of sp³-hybridized carbons (Fsp3) is 0.750. The van der Waals surface area contributed by atoms with Gasteiger partial charge in [0.25, 0.3) is 5.91 Å². The van der Waals surface area contributed by atoms with Gasteiger partial charge in [0.2, 0.25) is 0 Å². The van der Waals surface area contributed by atoms with Crippen molar-refractivity contribution in [1.29, 1.82) is 0 Å². The maximum absolute atomic E-state index is 12.4. The quantitative estimate of drug-likeness (QED) is 0.840. The molecular formula is C16H29N3O2. The van der Waals surface area contributed by atoms with Crippen molar-refractivity contribution in [3.63, 3.8) is 0 Å². The Kier molecular flexibility index (Phi) is 5.56. The number of carbonyl (C=O) groups excluding carboxylic acids is 1. The van der Waals surface area contributed by atoms with E-state index in [0.717, 1.165) is 25.1 Å². The maximum Gasteiger partial charge on any atom is 0.273 e. The third kappa shape index (κ3) is 3.84. The smallest absolute Gasteiger partial charge is 0.273 e. The molecule has 1 heterocycles. The van der Waals surface area contributed by atoms with Gasteiger partial charge in [-0.25, -0.2) is 0 Å². The van der Waals surface area contributed by atoms with Crippen LogP contribution >= 0.6 is 0 Å². The molecule has 0 saturated heterocycles. The SMILES string of the molecule is CCCN(C)C(C)(C)C(C)(C)NC(=O)c1cc(CC)on1. The number of nitrogens with one attached hydrogen (secondary N) is 1. The molecule has 0 aliphatic heterocycles. The zero-order valence-electron chi connectivity index (χ0n) is 14.4. The molecule has 0 aliphatic carbocycles. The third-order valence-electron chi connectivity index (χ3n) is 4.61. The molecule has 0 saturated carbocycles. The number of rotatable bonds is 7. The first kappa shape index (κ1) is 17.7. The first-order valence-electron chi connectivity index (χ1n) is 7.65. The summed E-state index contributed by atoms with van der Waals surface area (Å²) in [7, 11) is 2.09. The van der Waals surface area contributed by atoms with Crippen LogP contribution in [0.15, 0.2) is 10.6 Å². The molecule has 0 atom stereocenters. The summed E-state index contributed by atoms with van der Waals surface area (Å²) in [6.07, 6.45) is 1.81. The normalized spacial score (nSPS) is 12.8. The van der Waals surface area contributed by atoms with Crippen molar-refractivity contribution in [3.8, 4) is 0 Å². The van der Waals surface area contributed by atoms with Gasteiger partial charge in [0.15, 0.2) is 5.69 Å². The number of amides is 1. The van der Waals surface area contributed by atoms with Crippen LogP contribution in [0, 0.1) is 0 Å². The third-order valence-corrected chi connectivity index (χ3v) is 4.61. The van der Waals surface area contributed by atoms with E-state index in [1.807, 2.05) is 20.8 Å². The highest BCUT2D eigenvalue weighted by molar-refractivity contribution is 5.92. The number of carbonyl (C=O) groups is 1. The van der Waals surface area contributed by atoms with Crippen molar-refractivity contribution in [2.45, 2.75) is 65.5 Å². The molecule has 1 N–H and O–H groups in total. The average molecular weight is 295 g/mol. The Morgan fingerprint density at radius 1 is 1.33 bits per heavy atom. The summed E-state index contributed by atoms with van der Waals surface area (Å²) in [4.78, 5) is 14.6. The molecular weight excluding hydrogens is 266 g/mol. The van der Waals surface area contributed by atoms with Crippen LogP contribution in [-0.4, -0.2) is 40.6 Å². The van der Waals surface area contributed by atoms with E-state index in [1.54, 1.807) is 6.07 Å². The van der Waals surface area contributed by atoms with Crippen LogP contribution in [0.2, 0.25) is 0 Å². The molecule has 1 rings (SSSR count). The number of hydrogen-bond donors (Lipinski definition) is 1. The lowest BCUT2D eigenvalue weighted by atomic mass is 9.81. The number of aryl methyl sites for hydroxylation is 1. The maximum atomic E-state index is 12.4. The van der Waals surface area contributed by atoms with Gasteiger partial charge in [-0.2, -0.15) is 0 Å². The Morgan fingerprint density at radius 3 is 2.43 bits per heavy atom. The van der Waals surface area contributed by atoms with Crippen molar-refractivity contribution in [2.75, 3.05) is 13.6 Å². The Bertz CT molecular complexity index is 478. The van der Waals surface area contributed by atoms with Gasteiger partial charge < -0.3 is 9.84 Å². The molecule has 0 aromatic carbocycles. The van der Waals surface area contributed by atoms with E-state index >= 15 is 0 Å². The first-order valence-corrected chi connectivity index (χ1v) is 7.65. The predicted octanol–water partition coefficient (Wildman–Crippen LogP) is 2.87. The summed E-state index contributed by atoms with van der Waals surface area (Å²) in [5.74, 6) is 0.529. The number of nitrogens with zero attached hydrogens (tertiary/aromatic N) is 2. The van der Waals surface area contributed by atoms with E-state index in [2.05, 4.69) is 43.2 Å². The van der Waals surface area contributed by atoms with Gasteiger partial charge in [0, 0.05) is 18.0 Å². The molecule has 0 fully saturated rings. The van der Waals surface area contributed by atoms with Crippen LogP contribution in [0.5, 0.6) is 0 Å². The largest absolute Gasteiger partial charge is 0.361 e. The predicted molar refractivity (Wildman–Crippen MR) is 84.4 cm³/mol. The molecule has 120 valence electrons. The van der Waals surface area contributed by atoms with Gasteiger partial charge in [0.1, 0.15) is 5.76 Å². The van der Waals surface area contributed by atoms with Crippen molar-refractivity contribution >= 4 is 5.91 Å². The van der Waals surface area contributed by atoms with Crippen LogP contribution in [0.25, 0.3) is 0 Å². The van der Waals surface area contributed by atoms with Crippen molar-refractivity contribution < 1.29 is 9.32 Å². The van der Waals surface area contributed by atoms with Gasteiger partial charge in [-0.3, -0.25) is 9.69 Å². The minimum atomic E-state index is -0.403. The van der Waals surface area contributed by atoms with Crippen molar-refractivity contribution in [2.24, 2.45) is 0 Å². The summed E-state index contributed by atoms with van der Waals surface area (Å²) in [5.41, 5.74) is -0.246. The van der Waals surface area contributed by atoms with Gasteiger partial charge in [-0.15, -0.1) is 0 Å². The van der Waals surface area contributed by atoms with E-state index in [1.165, 1.54) is 0 Å². The Hall–Kier alpha value is -1.36. The second kappa shape index (κ2) is 6.60. The monoisotopic (exact) mass is 295 g/mol. The standard InChI is InChI=1S/C16H29N3O2/c1-8-10-19(7)16(5,6)15(3,4)17-14(20)13-11-12(9-2)21-18-13/h11H,8-10H2,1-7H3,(H,17,20). The second-order valence-electron chi connectivity index (χ2n) is 6.59. The van der Waals surface area contributed by atoms with Crippen LogP contribution < -0.4 is 5.32 Å². The molecule has 5 heteroatoms. The van der Waals surface area contributed by atoms with Crippen molar-refractivity contribution in [3.05, 3.63) is 17.5 Å². The zero-order valence-corrected chi connectivity index (χ0v) is 14.4.